The van der Waals surface area contributed by atoms with E-state index in [2.05, 4.69) is 4.98 Å². The Bertz CT molecular complexity index is 305. The van der Waals surface area contributed by atoms with Crippen molar-refractivity contribution < 1.29 is 9.53 Å². The van der Waals surface area contributed by atoms with Crippen molar-refractivity contribution in [3.05, 3.63) is 18.2 Å². The first-order valence-corrected chi connectivity index (χ1v) is 4.77. The summed E-state index contributed by atoms with van der Waals surface area (Å²) in [4.78, 5) is 15.3. The molecule has 78 valence electrons. The molecule has 1 rings (SSSR count). The summed E-state index contributed by atoms with van der Waals surface area (Å²) in [6, 6.07) is 0. The molecule has 0 unspecified atom stereocenters. The van der Waals surface area contributed by atoms with Crippen molar-refractivity contribution in [1.29, 1.82) is 0 Å². The Morgan fingerprint density at radius 3 is 2.86 bits per heavy atom. The number of carbonyl (C=O) groups excluding carboxylic acids is 1. The number of aryl methyl sites for hydroxylation is 2. The third-order valence-electron chi connectivity index (χ3n) is 1.85. The van der Waals surface area contributed by atoms with Crippen molar-refractivity contribution >= 4 is 5.97 Å². The van der Waals surface area contributed by atoms with Gasteiger partial charge >= 0.3 is 5.97 Å². The van der Waals surface area contributed by atoms with E-state index in [0.29, 0.717) is 13.0 Å². The molecule has 0 amide bonds. The van der Waals surface area contributed by atoms with Crippen LogP contribution in [0.25, 0.3) is 0 Å². The molecular weight excluding hydrogens is 180 g/mol. The zero-order chi connectivity index (χ0) is 10.6. The smallest absolute Gasteiger partial charge is 0.307 e. The third-order valence-corrected chi connectivity index (χ3v) is 1.85. The molecule has 0 bridgehead atoms. The Morgan fingerprint density at radius 2 is 2.36 bits per heavy atom. The highest BCUT2D eigenvalue weighted by molar-refractivity contribution is 5.69. The van der Waals surface area contributed by atoms with E-state index in [1.54, 1.807) is 6.20 Å². The lowest BCUT2D eigenvalue weighted by molar-refractivity contribution is -0.147. The van der Waals surface area contributed by atoms with Gasteiger partial charge in [0.1, 0.15) is 5.82 Å². The molecule has 14 heavy (non-hydrogen) atoms. The second-order valence-corrected chi connectivity index (χ2v) is 3.46. The maximum absolute atomic E-state index is 11.2. The molecule has 0 atom stereocenters. The molecule has 1 aromatic rings. The number of aromatic nitrogens is 2. The summed E-state index contributed by atoms with van der Waals surface area (Å²) in [6.45, 7) is 6.24. The maximum atomic E-state index is 11.2. The summed E-state index contributed by atoms with van der Waals surface area (Å²) in [5.74, 6) is 0.760. The van der Waals surface area contributed by atoms with Crippen molar-refractivity contribution in [2.45, 2.75) is 39.8 Å². The van der Waals surface area contributed by atoms with E-state index in [4.69, 9.17) is 4.74 Å². The predicted molar refractivity (Wildman–Crippen MR) is 52.8 cm³/mol. The summed E-state index contributed by atoms with van der Waals surface area (Å²) in [5, 5.41) is 0. The average Bonchev–Trinajstić information content (AvgIpc) is 2.46. The Hall–Kier alpha value is -1.32. The van der Waals surface area contributed by atoms with Crippen LogP contribution in [0.15, 0.2) is 12.4 Å². The standard InChI is InChI=1S/C10H16N2O2/c1-8(2)14-10(13)4-6-12-7-5-11-9(12)3/h5,7-8H,4,6H2,1-3H3. The van der Waals surface area contributed by atoms with Crippen LogP contribution in [-0.2, 0) is 16.1 Å². The van der Waals surface area contributed by atoms with Gasteiger partial charge in [-0.1, -0.05) is 0 Å². The van der Waals surface area contributed by atoms with Crippen molar-refractivity contribution in [2.75, 3.05) is 0 Å². The van der Waals surface area contributed by atoms with E-state index < -0.39 is 0 Å². The molecule has 0 saturated carbocycles. The summed E-state index contributed by atoms with van der Waals surface area (Å²) in [7, 11) is 0. The highest BCUT2D eigenvalue weighted by Gasteiger charge is 2.06. The molecule has 0 aromatic carbocycles. The number of hydrogen-bond donors (Lipinski definition) is 0. The molecule has 4 nitrogen and oxygen atoms in total. The van der Waals surface area contributed by atoms with E-state index in [0.717, 1.165) is 5.82 Å². The van der Waals surface area contributed by atoms with Gasteiger partial charge in [-0.15, -0.1) is 0 Å². The molecule has 0 N–H and O–H groups in total. The molecule has 0 saturated heterocycles. The summed E-state index contributed by atoms with van der Waals surface area (Å²) >= 11 is 0. The van der Waals surface area contributed by atoms with Crippen LogP contribution in [0.2, 0.25) is 0 Å². The monoisotopic (exact) mass is 196 g/mol. The van der Waals surface area contributed by atoms with Gasteiger partial charge in [0.25, 0.3) is 0 Å². The average molecular weight is 196 g/mol. The quantitative estimate of drug-likeness (QED) is 0.686. The summed E-state index contributed by atoms with van der Waals surface area (Å²) < 4.78 is 6.95. The van der Waals surface area contributed by atoms with Gasteiger partial charge in [-0.25, -0.2) is 4.98 Å². The Morgan fingerprint density at radius 1 is 1.64 bits per heavy atom. The van der Waals surface area contributed by atoms with Gasteiger partial charge in [-0.05, 0) is 20.8 Å². The number of hydrogen-bond acceptors (Lipinski definition) is 3. The first-order valence-electron chi connectivity index (χ1n) is 4.77. The van der Waals surface area contributed by atoms with E-state index in [9.17, 15) is 4.79 Å². The van der Waals surface area contributed by atoms with Crippen molar-refractivity contribution in [1.82, 2.24) is 9.55 Å². The maximum Gasteiger partial charge on any atom is 0.307 e. The zero-order valence-electron chi connectivity index (χ0n) is 8.86. The number of carbonyl (C=O) groups is 1. The lowest BCUT2D eigenvalue weighted by Gasteiger charge is -2.08. The van der Waals surface area contributed by atoms with Crippen LogP contribution in [0.3, 0.4) is 0 Å². The van der Waals surface area contributed by atoms with Gasteiger partial charge in [0.15, 0.2) is 0 Å². The van der Waals surface area contributed by atoms with Crippen LogP contribution < -0.4 is 0 Å². The minimum absolute atomic E-state index is 0.0358. The van der Waals surface area contributed by atoms with Crippen LogP contribution in [0.5, 0.6) is 0 Å². The second-order valence-electron chi connectivity index (χ2n) is 3.46. The molecular formula is C10H16N2O2. The van der Waals surface area contributed by atoms with Gasteiger partial charge in [-0.3, -0.25) is 4.79 Å². The van der Waals surface area contributed by atoms with Crippen LogP contribution in [0.4, 0.5) is 0 Å². The van der Waals surface area contributed by atoms with Gasteiger partial charge in [0.2, 0.25) is 0 Å². The third kappa shape index (κ3) is 3.20. The fourth-order valence-corrected chi connectivity index (χ4v) is 1.17. The second kappa shape index (κ2) is 4.79. The molecule has 1 aromatic heterocycles. The molecule has 0 fully saturated rings. The topological polar surface area (TPSA) is 44.1 Å². The van der Waals surface area contributed by atoms with Gasteiger partial charge < -0.3 is 9.30 Å². The Balaban J connectivity index is 2.34. The van der Waals surface area contributed by atoms with Crippen LogP contribution in [0, 0.1) is 6.92 Å². The molecule has 0 aliphatic rings. The van der Waals surface area contributed by atoms with Crippen LogP contribution >= 0.6 is 0 Å². The van der Waals surface area contributed by atoms with Crippen LogP contribution in [0.1, 0.15) is 26.1 Å². The van der Waals surface area contributed by atoms with Crippen molar-refractivity contribution in [2.24, 2.45) is 0 Å². The SMILES string of the molecule is Cc1nccn1CCC(=O)OC(C)C. The fourth-order valence-electron chi connectivity index (χ4n) is 1.17. The highest BCUT2D eigenvalue weighted by atomic mass is 16.5. The van der Waals surface area contributed by atoms with Crippen molar-refractivity contribution in [3.8, 4) is 0 Å². The lowest BCUT2D eigenvalue weighted by atomic mass is 10.4. The molecule has 1 heterocycles. The van der Waals surface area contributed by atoms with Gasteiger partial charge in [0, 0.05) is 18.9 Å². The van der Waals surface area contributed by atoms with E-state index in [1.807, 2.05) is 31.5 Å². The first-order chi connectivity index (χ1) is 6.59. The largest absolute Gasteiger partial charge is 0.463 e. The summed E-state index contributed by atoms with van der Waals surface area (Å²) in [5.41, 5.74) is 0. The van der Waals surface area contributed by atoms with Gasteiger partial charge in [-0.2, -0.15) is 0 Å². The number of ether oxygens (including phenoxy) is 1. The summed E-state index contributed by atoms with van der Waals surface area (Å²) in [6.07, 6.45) is 3.95. The molecule has 0 aliphatic heterocycles. The number of rotatable bonds is 4. The lowest BCUT2D eigenvalue weighted by Crippen LogP contribution is -2.14. The molecule has 0 spiro atoms. The van der Waals surface area contributed by atoms with E-state index in [-0.39, 0.29) is 12.1 Å². The van der Waals surface area contributed by atoms with Crippen LogP contribution in [-0.4, -0.2) is 21.6 Å². The Labute approximate surface area is 83.9 Å². The molecule has 0 aliphatic carbocycles. The zero-order valence-corrected chi connectivity index (χ0v) is 8.86. The van der Waals surface area contributed by atoms with Gasteiger partial charge in [0.05, 0.1) is 12.5 Å². The highest BCUT2D eigenvalue weighted by Crippen LogP contribution is 2.00. The van der Waals surface area contributed by atoms with Crippen molar-refractivity contribution in [3.63, 3.8) is 0 Å². The fraction of sp³-hybridized carbons (Fsp3) is 0.600. The van der Waals surface area contributed by atoms with E-state index in [1.165, 1.54) is 0 Å². The number of esters is 1. The number of nitrogens with zero attached hydrogens (tertiary/aromatic N) is 2. The molecule has 4 heteroatoms. The first kappa shape index (κ1) is 10.8. The normalized spacial score (nSPS) is 10.6. The predicted octanol–water partition coefficient (Wildman–Crippen LogP) is 1.53. The minimum atomic E-state index is -0.159. The molecule has 0 radical (unpaired) electrons. The minimum Gasteiger partial charge on any atom is -0.463 e. The number of imidazole rings is 1. The van der Waals surface area contributed by atoms with E-state index >= 15 is 0 Å². The Kier molecular flexibility index (Phi) is 3.68.